The number of nitrogens with one attached hydrogen (secondary N) is 1. The molecule has 2 atom stereocenters. The molecule has 2 unspecified atom stereocenters. The van der Waals surface area contributed by atoms with Crippen molar-refractivity contribution in [1.29, 1.82) is 5.41 Å². The molecule has 0 heterocycles. The number of carbonyl (C=O) groups excluding carboxylic acids is 1. The zero-order chi connectivity index (χ0) is 11.6. The summed E-state index contributed by atoms with van der Waals surface area (Å²) in [5, 5.41) is 17.9. The molecular weight excluding hydrogens is 190 g/mol. The Kier molecular flexibility index (Phi) is 3.66. The molecule has 1 fully saturated rings. The zero-order valence-corrected chi connectivity index (χ0v) is 9.84. The molecule has 0 aliphatic heterocycles. The molecule has 2 N–H and O–H groups in total. The summed E-state index contributed by atoms with van der Waals surface area (Å²) in [5.41, 5.74) is -0.604. The van der Waals surface area contributed by atoms with E-state index in [1.807, 2.05) is 13.8 Å². The maximum absolute atomic E-state index is 11.9. The van der Waals surface area contributed by atoms with E-state index < -0.39 is 5.60 Å². The molecular formula is C12H21NO2. The van der Waals surface area contributed by atoms with E-state index in [4.69, 9.17) is 5.41 Å². The minimum absolute atomic E-state index is 0.0371. The quantitative estimate of drug-likeness (QED) is 0.700. The molecule has 1 aliphatic carbocycles. The van der Waals surface area contributed by atoms with E-state index in [0.29, 0.717) is 18.6 Å². The molecule has 0 aromatic rings. The predicted octanol–water partition coefficient (Wildman–Crippen LogP) is 2.17. The number of ketones is 1. The highest BCUT2D eigenvalue weighted by molar-refractivity contribution is 5.90. The molecule has 15 heavy (non-hydrogen) atoms. The van der Waals surface area contributed by atoms with E-state index in [-0.39, 0.29) is 17.6 Å². The van der Waals surface area contributed by atoms with Gasteiger partial charge < -0.3 is 10.5 Å². The highest BCUT2D eigenvalue weighted by Crippen LogP contribution is 2.40. The van der Waals surface area contributed by atoms with Crippen molar-refractivity contribution < 1.29 is 9.90 Å². The second-order valence-electron chi connectivity index (χ2n) is 5.02. The molecule has 1 aliphatic rings. The van der Waals surface area contributed by atoms with Crippen LogP contribution < -0.4 is 0 Å². The molecule has 0 aromatic carbocycles. The lowest BCUT2D eigenvalue weighted by Gasteiger charge is -2.30. The average molecular weight is 211 g/mol. The minimum Gasteiger partial charge on any atom is -0.382 e. The summed E-state index contributed by atoms with van der Waals surface area (Å²) in [6.07, 6.45) is 2.88. The largest absolute Gasteiger partial charge is 0.382 e. The van der Waals surface area contributed by atoms with Crippen LogP contribution in [-0.2, 0) is 4.79 Å². The summed E-state index contributed by atoms with van der Waals surface area (Å²) < 4.78 is 0. The average Bonchev–Trinajstić information content (AvgIpc) is 2.47. The van der Waals surface area contributed by atoms with Crippen molar-refractivity contribution >= 4 is 11.5 Å². The Morgan fingerprint density at radius 2 is 2.20 bits per heavy atom. The first kappa shape index (κ1) is 12.4. The van der Waals surface area contributed by atoms with Gasteiger partial charge >= 0.3 is 0 Å². The van der Waals surface area contributed by atoms with Crippen LogP contribution in [0.15, 0.2) is 0 Å². The standard InChI is InChI=1S/C12H21NO2/c1-8(2)11(14)12(15)6-4-5-10(12)7-9(3)13/h8,10,13,15H,4-7H2,1-3H3. The molecule has 0 amide bonds. The lowest BCUT2D eigenvalue weighted by Crippen LogP contribution is -2.45. The Morgan fingerprint density at radius 3 is 2.67 bits per heavy atom. The summed E-state index contributed by atoms with van der Waals surface area (Å²) in [4.78, 5) is 11.9. The van der Waals surface area contributed by atoms with Crippen molar-refractivity contribution in [2.45, 2.75) is 52.1 Å². The van der Waals surface area contributed by atoms with Crippen LogP contribution in [0.5, 0.6) is 0 Å². The number of rotatable bonds is 4. The normalized spacial score (nSPS) is 30.9. The minimum atomic E-state index is -1.16. The lowest BCUT2D eigenvalue weighted by molar-refractivity contribution is -0.144. The third-order valence-electron chi connectivity index (χ3n) is 3.29. The van der Waals surface area contributed by atoms with Gasteiger partial charge in [0.15, 0.2) is 5.78 Å². The van der Waals surface area contributed by atoms with Gasteiger partial charge in [0.2, 0.25) is 0 Å². The van der Waals surface area contributed by atoms with Crippen molar-refractivity contribution in [3.63, 3.8) is 0 Å². The second kappa shape index (κ2) is 4.44. The first-order valence-corrected chi connectivity index (χ1v) is 5.68. The highest BCUT2D eigenvalue weighted by Gasteiger charge is 2.47. The monoisotopic (exact) mass is 211 g/mol. The maximum atomic E-state index is 11.9. The van der Waals surface area contributed by atoms with Crippen molar-refractivity contribution in [2.75, 3.05) is 0 Å². The Labute approximate surface area is 91.4 Å². The van der Waals surface area contributed by atoms with Gasteiger partial charge in [0.05, 0.1) is 0 Å². The smallest absolute Gasteiger partial charge is 0.167 e. The molecule has 3 nitrogen and oxygen atoms in total. The van der Waals surface area contributed by atoms with Crippen LogP contribution in [0.1, 0.15) is 46.5 Å². The highest BCUT2D eigenvalue weighted by atomic mass is 16.3. The van der Waals surface area contributed by atoms with Crippen LogP contribution >= 0.6 is 0 Å². The van der Waals surface area contributed by atoms with Gasteiger partial charge in [-0.25, -0.2) is 0 Å². The summed E-state index contributed by atoms with van der Waals surface area (Å²) in [7, 11) is 0. The molecule has 0 bridgehead atoms. The Morgan fingerprint density at radius 1 is 1.60 bits per heavy atom. The SMILES string of the molecule is CC(=N)CC1CCCC1(O)C(=O)C(C)C. The first-order valence-electron chi connectivity index (χ1n) is 5.68. The molecule has 0 saturated heterocycles. The van der Waals surface area contributed by atoms with E-state index in [0.717, 1.165) is 12.8 Å². The molecule has 86 valence electrons. The van der Waals surface area contributed by atoms with Gasteiger partial charge in [-0.2, -0.15) is 0 Å². The van der Waals surface area contributed by atoms with E-state index in [1.54, 1.807) is 6.92 Å². The first-order chi connectivity index (χ1) is 6.88. The fourth-order valence-electron chi connectivity index (χ4n) is 2.53. The number of aliphatic hydroxyl groups is 1. The molecule has 0 radical (unpaired) electrons. The van der Waals surface area contributed by atoms with Crippen molar-refractivity contribution in [1.82, 2.24) is 0 Å². The lowest BCUT2D eigenvalue weighted by atomic mass is 9.80. The van der Waals surface area contributed by atoms with Crippen LogP contribution in [0.3, 0.4) is 0 Å². The van der Waals surface area contributed by atoms with Gasteiger partial charge in [0.1, 0.15) is 5.60 Å². The molecule has 1 saturated carbocycles. The van der Waals surface area contributed by atoms with Crippen LogP contribution in [0.25, 0.3) is 0 Å². The Hall–Kier alpha value is -0.700. The van der Waals surface area contributed by atoms with E-state index in [2.05, 4.69) is 0 Å². The van der Waals surface area contributed by atoms with Crippen LogP contribution in [0, 0.1) is 17.2 Å². The van der Waals surface area contributed by atoms with Gasteiger partial charge in [-0.1, -0.05) is 13.8 Å². The van der Waals surface area contributed by atoms with Crippen LogP contribution in [0.2, 0.25) is 0 Å². The predicted molar refractivity (Wildman–Crippen MR) is 60.2 cm³/mol. The number of carbonyl (C=O) groups is 1. The number of Topliss-reactive ketones (excluding diaryl/α,β-unsaturated/α-hetero) is 1. The Bertz CT molecular complexity index is 273. The van der Waals surface area contributed by atoms with Crippen molar-refractivity contribution in [3.8, 4) is 0 Å². The molecule has 1 rings (SSSR count). The van der Waals surface area contributed by atoms with Crippen molar-refractivity contribution in [3.05, 3.63) is 0 Å². The third kappa shape index (κ3) is 2.46. The molecule has 0 aromatic heterocycles. The summed E-state index contributed by atoms with van der Waals surface area (Å²) in [6, 6.07) is 0. The van der Waals surface area contributed by atoms with Gasteiger partial charge in [0.25, 0.3) is 0 Å². The van der Waals surface area contributed by atoms with E-state index >= 15 is 0 Å². The van der Waals surface area contributed by atoms with Gasteiger partial charge in [-0.15, -0.1) is 0 Å². The molecule has 3 heteroatoms. The summed E-state index contributed by atoms with van der Waals surface area (Å²) >= 11 is 0. The second-order valence-corrected chi connectivity index (χ2v) is 5.02. The fraction of sp³-hybridized carbons (Fsp3) is 0.833. The number of hydrogen-bond acceptors (Lipinski definition) is 3. The van der Waals surface area contributed by atoms with E-state index in [9.17, 15) is 9.90 Å². The summed E-state index contributed by atoms with van der Waals surface area (Å²) in [5.74, 6) is -0.210. The Balaban J connectivity index is 2.81. The summed E-state index contributed by atoms with van der Waals surface area (Å²) in [6.45, 7) is 5.39. The van der Waals surface area contributed by atoms with Crippen molar-refractivity contribution in [2.24, 2.45) is 11.8 Å². The zero-order valence-electron chi connectivity index (χ0n) is 9.84. The topological polar surface area (TPSA) is 61.1 Å². The maximum Gasteiger partial charge on any atom is 0.167 e. The molecule has 0 spiro atoms. The van der Waals surface area contributed by atoms with E-state index in [1.165, 1.54) is 0 Å². The van der Waals surface area contributed by atoms with Crippen LogP contribution in [-0.4, -0.2) is 22.2 Å². The van der Waals surface area contributed by atoms with Gasteiger partial charge in [-0.3, -0.25) is 4.79 Å². The fourth-order valence-corrected chi connectivity index (χ4v) is 2.53. The number of hydrogen-bond donors (Lipinski definition) is 2. The third-order valence-corrected chi connectivity index (χ3v) is 3.29. The van der Waals surface area contributed by atoms with Crippen LogP contribution in [0.4, 0.5) is 0 Å². The van der Waals surface area contributed by atoms with Gasteiger partial charge in [-0.05, 0) is 38.5 Å². The van der Waals surface area contributed by atoms with Gasteiger partial charge in [0, 0.05) is 11.6 Å².